The molecule has 92 valence electrons. The Kier molecular flexibility index (Phi) is 3.33. The lowest BCUT2D eigenvalue weighted by Gasteiger charge is -2.39. The summed E-state index contributed by atoms with van der Waals surface area (Å²) in [5.41, 5.74) is 7.97. The molecule has 0 spiro atoms. The zero-order valence-corrected chi connectivity index (χ0v) is 10.3. The minimum absolute atomic E-state index is 0.0211. The molecule has 2 rings (SSSR count). The molecule has 17 heavy (non-hydrogen) atoms. The number of piperazine rings is 1. The van der Waals surface area contributed by atoms with Gasteiger partial charge in [-0.25, -0.2) is 0 Å². The van der Waals surface area contributed by atoms with E-state index < -0.39 is 0 Å². The molecule has 1 saturated heterocycles. The minimum Gasteiger partial charge on any atom is -0.356 e. The zero-order valence-electron chi connectivity index (χ0n) is 10.3. The lowest BCUT2D eigenvalue weighted by atomic mass is 10.1. The lowest BCUT2D eigenvalue weighted by molar-refractivity contribution is -0.123. The third-order valence-electron chi connectivity index (χ3n) is 3.09. The van der Waals surface area contributed by atoms with Crippen LogP contribution in [-0.2, 0) is 4.79 Å². The van der Waals surface area contributed by atoms with Crippen molar-refractivity contribution in [3.05, 3.63) is 29.8 Å². The SMILES string of the molecule is Cc1cccc(N2CC(C)NC(=O)C2CN)c1. The summed E-state index contributed by atoms with van der Waals surface area (Å²) in [6, 6.07) is 8.08. The molecule has 1 aromatic rings. The molecular formula is C13H19N3O. The summed E-state index contributed by atoms with van der Waals surface area (Å²) in [5, 5.41) is 2.93. The number of amides is 1. The first-order valence-corrected chi connectivity index (χ1v) is 5.95. The molecule has 1 fully saturated rings. The fourth-order valence-corrected chi connectivity index (χ4v) is 2.27. The molecule has 4 heteroatoms. The van der Waals surface area contributed by atoms with E-state index in [0.29, 0.717) is 6.54 Å². The van der Waals surface area contributed by atoms with E-state index in [-0.39, 0.29) is 18.0 Å². The molecule has 1 aliphatic rings. The molecule has 1 amide bonds. The van der Waals surface area contributed by atoms with E-state index in [1.54, 1.807) is 0 Å². The van der Waals surface area contributed by atoms with Crippen LogP contribution in [0.4, 0.5) is 5.69 Å². The molecule has 0 saturated carbocycles. The number of hydrogen-bond acceptors (Lipinski definition) is 3. The number of nitrogens with zero attached hydrogens (tertiary/aromatic N) is 1. The van der Waals surface area contributed by atoms with Gasteiger partial charge in [0.25, 0.3) is 0 Å². The number of anilines is 1. The first-order valence-electron chi connectivity index (χ1n) is 5.95. The predicted molar refractivity (Wildman–Crippen MR) is 69.0 cm³/mol. The van der Waals surface area contributed by atoms with Crippen molar-refractivity contribution < 1.29 is 4.79 Å². The third kappa shape index (κ3) is 2.42. The maximum atomic E-state index is 11.9. The Hall–Kier alpha value is -1.55. The Morgan fingerprint density at radius 3 is 2.94 bits per heavy atom. The summed E-state index contributed by atoms with van der Waals surface area (Å²) < 4.78 is 0. The van der Waals surface area contributed by atoms with E-state index in [4.69, 9.17) is 5.73 Å². The number of nitrogens with one attached hydrogen (secondary N) is 1. The molecule has 2 atom stereocenters. The van der Waals surface area contributed by atoms with Crippen LogP contribution in [-0.4, -0.2) is 31.1 Å². The van der Waals surface area contributed by atoms with E-state index in [1.807, 2.05) is 32.0 Å². The highest BCUT2D eigenvalue weighted by Gasteiger charge is 2.31. The summed E-state index contributed by atoms with van der Waals surface area (Å²) in [4.78, 5) is 14.0. The second-order valence-corrected chi connectivity index (χ2v) is 4.65. The van der Waals surface area contributed by atoms with Gasteiger partial charge in [0.15, 0.2) is 0 Å². The van der Waals surface area contributed by atoms with Gasteiger partial charge in [-0.3, -0.25) is 4.79 Å². The molecule has 0 aliphatic carbocycles. The first kappa shape index (κ1) is 11.9. The molecule has 0 radical (unpaired) electrons. The molecule has 3 N–H and O–H groups in total. The standard InChI is InChI=1S/C13H19N3O/c1-9-4-3-5-11(6-9)16-8-10(2)15-13(17)12(16)7-14/h3-6,10,12H,7-8,14H2,1-2H3,(H,15,17). The number of carbonyl (C=O) groups is 1. The summed E-state index contributed by atoms with van der Waals surface area (Å²) in [6.07, 6.45) is 0. The van der Waals surface area contributed by atoms with Crippen LogP contribution in [0.5, 0.6) is 0 Å². The summed E-state index contributed by atoms with van der Waals surface area (Å²) in [5.74, 6) is 0.0211. The average Bonchev–Trinajstić information content (AvgIpc) is 2.28. The molecule has 1 aromatic carbocycles. The molecule has 2 unspecified atom stereocenters. The zero-order chi connectivity index (χ0) is 12.4. The van der Waals surface area contributed by atoms with Gasteiger partial charge in [0.1, 0.15) is 6.04 Å². The van der Waals surface area contributed by atoms with Gasteiger partial charge in [-0.2, -0.15) is 0 Å². The Labute approximate surface area is 102 Å². The number of carbonyl (C=O) groups excluding carboxylic acids is 1. The predicted octanol–water partition coefficient (Wildman–Crippen LogP) is 0.647. The van der Waals surface area contributed by atoms with Crippen molar-refractivity contribution in [2.45, 2.75) is 25.9 Å². The summed E-state index contributed by atoms with van der Waals surface area (Å²) in [6.45, 7) is 5.20. The maximum absolute atomic E-state index is 11.9. The van der Waals surface area contributed by atoms with Crippen LogP contribution in [0.15, 0.2) is 24.3 Å². The molecule has 1 aliphatic heterocycles. The van der Waals surface area contributed by atoms with Crippen LogP contribution in [0.25, 0.3) is 0 Å². The van der Waals surface area contributed by atoms with E-state index in [1.165, 1.54) is 5.56 Å². The number of rotatable bonds is 2. The highest BCUT2D eigenvalue weighted by atomic mass is 16.2. The van der Waals surface area contributed by atoms with Gasteiger partial charge in [0.2, 0.25) is 5.91 Å². The van der Waals surface area contributed by atoms with E-state index >= 15 is 0 Å². The Morgan fingerprint density at radius 1 is 1.53 bits per heavy atom. The first-order chi connectivity index (χ1) is 8.11. The topological polar surface area (TPSA) is 58.4 Å². The van der Waals surface area contributed by atoms with Gasteiger partial charge >= 0.3 is 0 Å². The monoisotopic (exact) mass is 233 g/mol. The maximum Gasteiger partial charge on any atom is 0.244 e. The molecule has 4 nitrogen and oxygen atoms in total. The van der Waals surface area contributed by atoms with E-state index in [9.17, 15) is 4.79 Å². The van der Waals surface area contributed by atoms with Crippen LogP contribution in [0, 0.1) is 6.92 Å². The highest BCUT2D eigenvalue weighted by molar-refractivity contribution is 5.87. The second kappa shape index (κ2) is 4.75. The van der Waals surface area contributed by atoms with Gasteiger partial charge in [-0.05, 0) is 31.5 Å². The van der Waals surface area contributed by atoms with Crippen LogP contribution >= 0.6 is 0 Å². The van der Waals surface area contributed by atoms with Crippen molar-refractivity contribution in [1.29, 1.82) is 0 Å². The number of hydrogen-bond donors (Lipinski definition) is 2. The van der Waals surface area contributed by atoms with Crippen LogP contribution in [0.3, 0.4) is 0 Å². The third-order valence-corrected chi connectivity index (χ3v) is 3.09. The van der Waals surface area contributed by atoms with Crippen LogP contribution in [0.2, 0.25) is 0 Å². The molecular weight excluding hydrogens is 214 g/mol. The minimum atomic E-state index is -0.256. The van der Waals surface area contributed by atoms with Crippen molar-refractivity contribution in [2.75, 3.05) is 18.0 Å². The second-order valence-electron chi connectivity index (χ2n) is 4.65. The van der Waals surface area contributed by atoms with E-state index in [0.717, 1.165) is 12.2 Å². The van der Waals surface area contributed by atoms with Gasteiger partial charge in [-0.15, -0.1) is 0 Å². The molecule has 0 aromatic heterocycles. The van der Waals surface area contributed by atoms with Gasteiger partial charge < -0.3 is 16.0 Å². The van der Waals surface area contributed by atoms with Crippen molar-refractivity contribution in [2.24, 2.45) is 5.73 Å². The smallest absolute Gasteiger partial charge is 0.244 e. The van der Waals surface area contributed by atoms with Crippen LogP contribution in [0.1, 0.15) is 12.5 Å². The fourth-order valence-electron chi connectivity index (χ4n) is 2.27. The van der Waals surface area contributed by atoms with Crippen molar-refractivity contribution in [3.63, 3.8) is 0 Å². The Bertz CT molecular complexity index is 419. The Balaban J connectivity index is 2.30. The van der Waals surface area contributed by atoms with Crippen LogP contribution < -0.4 is 16.0 Å². The average molecular weight is 233 g/mol. The number of nitrogens with two attached hydrogens (primary N) is 1. The largest absolute Gasteiger partial charge is 0.356 e. The van der Waals surface area contributed by atoms with Gasteiger partial charge in [0.05, 0.1) is 0 Å². The molecule has 0 bridgehead atoms. The summed E-state index contributed by atoms with van der Waals surface area (Å²) in [7, 11) is 0. The number of benzene rings is 1. The quantitative estimate of drug-likeness (QED) is 0.788. The lowest BCUT2D eigenvalue weighted by Crippen LogP contribution is -2.61. The number of aryl methyl sites for hydroxylation is 1. The normalized spacial score (nSPS) is 24.6. The van der Waals surface area contributed by atoms with Crippen molar-refractivity contribution in [1.82, 2.24) is 5.32 Å². The van der Waals surface area contributed by atoms with Crippen molar-refractivity contribution >= 4 is 11.6 Å². The van der Waals surface area contributed by atoms with Gasteiger partial charge in [0, 0.05) is 24.8 Å². The fraction of sp³-hybridized carbons (Fsp3) is 0.462. The van der Waals surface area contributed by atoms with Crippen molar-refractivity contribution in [3.8, 4) is 0 Å². The Morgan fingerprint density at radius 2 is 2.29 bits per heavy atom. The van der Waals surface area contributed by atoms with E-state index in [2.05, 4.69) is 16.3 Å². The highest BCUT2D eigenvalue weighted by Crippen LogP contribution is 2.21. The van der Waals surface area contributed by atoms with Gasteiger partial charge in [-0.1, -0.05) is 12.1 Å². The molecule has 1 heterocycles. The summed E-state index contributed by atoms with van der Waals surface area (Å²) >= 11 is 0.